The van der Waals surface area contributed by atoms with Crippen LogP contribution in [0.3, 0.4) is 0 Å². The Bertz CT molecular complexity index is 1440. The van der Waals surface area contributed by atoms with Gasteiger partial charge >= 0.3 is 5.97 Å². The molecule has 1 aromatic heterocycles. The van der Waals surface area contributed by atoms with E-state index in [2.05, 4.69) is 0 Å². The number of Topliss-reactive ketones (excluding diaryl/α,β-unsaturated/α-hetero) is 1. The number of benzene rings is 2. The van der Waals surface area contributed by atoms with Gasteiger partial charge in [0.1, 0.15) is 12.3 Å². The number of rotatable bonds is 7. The van der Waals surface area contributed by atoms with Crippen LogP contribution < -0.4 is 4.74 Å². The number of nitrogens with zero attached hydrogens (tertiary/aromatic N) is 2. The molecule has 2 bridgehead atoms. The third kappa shape index (κ3) is 4.42. The van der Waals surface area contributed by atoms with Gasteiger partial charge in [0, 0.05) is 16.1 Å². The quantitative estimate of drug-likeness (QED) is 0.186. The third-order valence-corrected chi connectivity index (χ3v) is 8.13. The van der Waals surface area contributed by atoms with Crippen LogP contribution in [0.1, 0.15) is 50.5 Å². The van der Waals surface area contributed by atoms with Crippen molar-refractivity contribution in [2.75, 3.05) is 6.54 Å². The van der Waals surface area contributed by atoms with Gasteiger partial charge in [-0.1, -0.05) is 11.6 Å². The number of ketones is 1. The van der Waals surface area contributed by atoms with Gasteiger partial charge in [-0.25, -0.2) is 9.80 Å². The highest BCUT2D eigenvalue weighted by molar-refractivity contribution is 6.30. The summed E-state index contributed by atoms with van der Waals surface area (Å²) in [6.45, 7) is -0.529. The van der Waals surface area contributed by atoms with Gasteiger partial charge < -0.3 is 9.15 Å². The van der Waals surface area contributed by atoms with Crippen LogP contribution >= 0.6 is 11.6 Å². The minimum Gasteiger partial charge on any atom is -0.457 e. The summed E-state index contributed by atoms with van der Waals surface area (Å²) in [6, 6.07) is 14.8. The van der Waals surface area contributed by atoms with E-state index in [0.717, 1.165) is 29.3 Å². The van der Waals surface area contributed by atoms with Crippen molar-refractivity contribution in [2.45, 2.75) is 19.3 Å². The van der Waals surface area contributed by atoms with Crippen molar-refractivity contribution < 1.29 is 33.1 Å². The molecule has 39 heavy (non-hydrogen) atoms. The zero-order valence-corrected chi connectivity index (χ0v) is 21.4. The molecule has 3 aliphatic rings. The van der Waals surface area contributed by atoms with E-state index in [1.54, 1.807) is 6.07 Å². The number of fused-ring (bicyclic) bond motifs is 5. The number of hydrazine groups is 1. The minimum absolute atomic E-state index is 0.0321. The van der Waals surface area contributed by atoms with Crippen LogP contribution in [0, 0.1) is 23.7 Å². The second-order valence-electron chi connectivity index (χ2n) is 10.1. The molecule has 1 aliphatic heterocycles. The summed E-state index contributed by atoms with van der Waals surface area (Å²) >= 11 is 5.98. The van der Waals surface area contributed by atoms with Crippen LogP contribution in [0.2, 0.25) is 5.02 Å². The molecule has 0 unspecified atom stereocenters. The van der Waals surface area contributed by atoms with E-state index in [-0.39, 0.29) is 34.5 Å². The van der Waals surface area contributed by atoms with Gasteiger partial charge in [-0.05, 0) is 91.8 Å². The molecule has 3 aromatic rings. The van der Waals surface area contributed by atoms with E-state index >= 15 is 0 Å². The van der Waals surface area contributed by atoms with E-state index in [0.29, 0.717) is 5.02 Å². The Morgan fingerprint density at radius 1 is 0.897 bits per heavy atom. The van der Waals surface area contributed by atoms with Gasteiger partial charge in [-0.15, -0.1) is 0 Å². The highest BCUT2D eigenvalue weighted by Gasteiger charge is 2.62. The molecule has 3 amide bonds. The van der Waals surface area contributed by atoms with Gasteiger partial charge in [0.05, 0.1) is 18.1 Å². The number of imide groups is 1. The number of furan rings is 1. The summed E-state index contributed by atoms with van der Waals surface area (Å²) in [4.78, 5) is 66.1. The second-order valence-corrected chi connectivity index (χ2v) is 10.5. The van der Waals surface area contributed by atoms with Crippen molar-refractivity contribution in [3.8, 4) is 5.75 Å². The van der Waals surface area contributed by atoms with Crippen molar-refractivity contribution >= 4 is 41.1 Å². The Hall–Kier alpha value is -4.24. The maximum atomic E-state index is 13.6. The molecule has 198 valence electrons. The zero-order chi connectivity index (χ0) is 27.3. The van der Waals surface area contributed by atoms with Gasteiger partial charge in [-0.2, -0.15) is 5.01 Å². The summed E-state index contributed by atoms with van der Waals surface area (Å²) in [5, 5.41) is 2.27. The monoisotopic (exact) mass is 546 g/mol. The fraction of sp³-hybridized carbons (Fsp3) is 0.276. The normalized spacial score (nSPS) is 23.2. The fourth-order valence-corrected chi connectivity index (χ4v) is 6.22. The van der Waals surface area contributed by atoms with E-state index in [1.165, 1.54) is 60.9 Å². The molecule has 2 saturated carbocycles. The van der Waals surface area contributed by atoms with Gasteiger partial charge in [0.2, 0.25) is 5.76 Å². The molecule has 0 spiro atoms. The first-order valence-electron chi connectivity index (χ1n) is 12.7. The molecule has 10 heteroatoms. The SMILES string of the molecule is O=C(CN(C(=O)c1ccc(Cl)cc1)N1C(=O)[C@@H]2[C@H]3CC[C@@H](C3)[C@H]2C1=O)c1ccc(OC(=O)c2ccco2)cc1. The first kappa shape index (κ1) is 25.1. The van der Waals surface area contributed by atoms with Gasteiger partial charge in [-0.3, -0.25) is 19.2 Å². The van der Waals surface area contributed by atoms with Crippen LogP contribution in [0.25, 0.3) is 0 Å². The molecular formula is C29H23ClN2O7. The number of esters is 1. The first-order chi connectivity index (χ1) is 18.8. The van der Waals surface area contributed by atoms with E-state index < -0.39 is 47.9 Å². The van der Waals surface area contributed by atoms with Crippen molar-refractivity contribution in [3.63, 3.8) is 0 Å². The lowest BCUT2D eigenvalue weighted by atomic mass is 9.81. The van der Waals surface area contributed by atoms with Crippen LogP contribution in [0.15, 0.2) is 71.3 Å². The standard InChI is InChI=1S/C29H23ClN2O7/c30-20-9-5-17(6-10-20)26(34)31(32-27(35)24-18-3-4-19(14-18)25(24)28(32)36)15-22(33)16-7-11-21(12-8-16)39-29(37)23-2-1-13-38-23/h1-2,5-13,18-19,24-25H,3-4,14-15H2/t18-,19-,24+,25+/m0/s1. The van der Waals surface area contributed by atoms with Crippen molar-refractivity contribution in [3.05, 3.63) is 88.8 Å². The summed E-state index contributed by atoms with van der Waals surface area (Å²) in [5.41, 5.74) is 0.397. The van der Waals surface area contributed by atoms with E-state index in [4.69, 9.17) is 20.8 Å². The lowest BCUT2D eigenvalue weighted by Gasteiger charge is -2.30. The fourth-order valence-electron chi connectivity index (χ4n) is 6.09. The largest absolute Gasteiger partial charge is 0.457 e. The van der Waals surface area contributed by atoms with Crippen molar-refractivity contribution in [1.82, 2.24) is 10.0 Å². The van der Waals surface area contributed by atoms with Crippen LogP contribution in [0.4, 0.5) is 0 Å². The smallest absolute Gasteiger partial charge is 0.379 e. The van der Waals surface area contributed by atoms with E-state index in [9.17, 15) is 24.0 Å². The lowest BCUT2D eigenvalue weighted by molar-refractivity contribution is -0.155. The number of amides is 3. The molecular weight excluding hydrogens is 524 g/mol. The van der Waals surface area contributed by atoms with Crippen LogP contribution in [0.5, 0.6) is 5.75 Å². The number of hydrogen-bond donors (Lipinski definition) is 0. The average molecular weight is 547 g/mol. The number of hydrogen-bond acceptors (Lipinski definition) is 7. The topological polar surface area (TPSA) is 114 Å². The summed E-state index contributed by atoms with van der Waals surface area (Å²) in [6.07, 6.45) is 3.98. The Morgan fingerprint density at radius 2 is 1.51 bits per heavy atom. The maximum absolute atomic E-state index is 13.6. The lowest BCUT2D eigenvalue weighted by Crippen LogP contribution is -2.52. The van der Waals surface area contributed by atoms with Crippen molar-refractivity contribution in [2.24, 2.45) is 23.7 Å². The number of halogens is 1. The maximum Gasteiger partial charge on any atom is 0.379 e. The molecule has 0 N–H and O–H groups in total. The molecule has 0 radical (unpaired) electrons. The average Bonchev–Trinajstić information content (AvgIpc) is 3.74. The Balaban J connectivity index is 1.25. The first-order valence-corrected chi connectivity index (χ1v) is 13.0. The zero-order valence-electron chi connectivity index (χ0n) is 20.6. The molecule has 2 aliphatic carbocycles. The highest BCUT2D eigenvalue weighted by atomic mass is 35.5. The Labute approximate surface area is 228 Å². The number of carbonyl (C=O) groups is 5. The van der Waals surface area contributed by atoms with E-state index in [1.807, 2.05) is 0 Å². The molecule has 9 nitrogen and oxygen atoms in total. The highest BCUT2D eigenvalue weighted by Crippen LogP contribution is 2.56. The molecule has 2 aromatic carbocycles. The number of ether oxygens (including phenoxy) is 1. The number of carbonyl (C=O) groups excluding carboxylic acids is 5. The predicted octanol–water partition coefficient (Wildman–Crippen LogP) is 4.42. The molecule has 2 heterocycles. The van der Waals surface area contributed by atoms with Crippen LogP contribution in [-0.2, 0) is 9.59 Å². The molecule has 4 atom stereocenters. The summed E-state index contributed by atoms with van der Waals surface area (Å²) < 4.78 is 10.3. The third-order valence-electron chi connectivity index (χ3n) is 7.87. The molecule has 1 saturated heterocycles. The molecule has 3 fully saturated rings. The summed E-state index contributed by atoms with van der Waals surface area (Å²) in [5.74, 6) is -3.11. The summed E-state index contributed by atoms with van der Waals surface area (Å²) in [7, 11) is 0. The second kappa shape index (κ2) is 9.81. The molecule has 6 rings (SSSR count). The van der Waals surface area contributed by atoms with Gasteiger partial charge in [0.25, 0.3) is 17.7 Å². The van der Waals surface area contributed by atoms with Crippen molar-refractivity contribution in [1.29, 1.82) is 0 Å². The Kier molecular flexibility index (Phi) is 6.31. The Morgan fingerprint density at radius 3 is 2.10 bits per heavy atom. The minimum atomic E-state index is -0.690. The van der Waals surface area contributed by atoms with Gasteiger partial charge in [0.15, 0.2) is 5.78 Å². The predicted molar refractivity (Wildman–Crippen MR) is 137 cm³/mol. The van der Waals surface area contributed by atoms with Crippen LogP contribution in [-0.4, -0.2) is 46.0 Å².